The molecule has 0 saturated heterocycles. The zero-order valence-corrected chi connectivity index (χ0v) is 63.0. The molecule has 3 heterocycles. The van der Waals surface area contributed by atoms with Crippen LogP contribution in [0.4, 0.5) is 113 Å². The molecule has 10 aromatic rings. The molecular formula is C78H93N23O8. The number of carbonyl (C=O) groups excluding carboxylic acids is 4. The van der Waals surface area contributed by atoms with Crippen LogP contribution in [0.5, 0.6) is 0 Å². The summed E-state index contributed by atoms with van der Waals surface area (Å²) >= 11 is 0. The highest BCUT2D eigenvalue weighted by molar-refractivity contribution is 5.70. The van der Waals surface area contributed by atoms with E-state index in [-0.39, 0.29) is 73.8 Å². The third kappa shape index (κ3) is 27.6. The minimum atomic E-state index is -0.623. The molecule has 0 unspecified atom stereocenters. The quantitative estimate of drug-likeness (QED) is 0.0153. The number of hydrogen-bond acceptors (Lipinski definition) is 27. The first-order chi connectivity index (χ1) is 51.8. The Labute approximate surface area is 632 Å². The smallest absolute Gasteiger partial charge is 0.407 e. The zero-order chi connectivity index (χ0) is 77.7. The molecule has 15 N–H and O–H groups in total. The number of anilines is 16. The molecule has 0 aliphatic carbocycles. The Bertz CT molecular complexity index is 4220. The van der Waals surface area contributed by atoms with Crippen LogP contribution < -0.4 is 74.9 Å². The summed E-state index contributed by atoms with van der Waals surface area (Å²) in [5.41, 5.74) is 14.5. The van der Waals surface area contributed by atoms with Crippen LogP contribution in [0.15, 0.2) is 170 Å². The second kappa shape index (κ2) is 35.6. The Hall–Kier alpha value is -13.4. The summed E-state index contributed by atoms with van der Waals surface area (Å²) in [5, 5.41) is 41.0. The maximum Gasteiger partial charge on any atom is 0.407 e. The van der Waals surface area contributed by atoms with Crippen molar-refractivity contribution in [1.82, 2.24) is 66.1 Å². The molecule has 568 valence electrons. The number of ether oxygens (including phenoxy) is 4. The van der Waals surface area contributed by atoms with Gasteiger partial charge in [0.25, 0.3) is 0 Å². The highest BCUT2D eigenvalue weighted by atomic mass is 16.6. The van der Waals surface area contributed by atoms with Gasteiger partial charge in [0.15, 0.2) is 0 Å². The highest BCUT2D eigenvalue weighted by Gasteiger charge is 2.21. The largest absolute Gasteiger partial charge is 0.444 e. The fourth-order valence-corrected chi connectivity index (χ4v) is 9.84. The van der Waals surface area contributed by atoms with Gasteiger partial charge in [-0.05, 0) is 207 Å². The van der Waals surface area contributed by atoms with Crippen LogP contribution in [-0.4, -0.2) is 91.6 Å². The molecule has 0 atom stereocenters. The van der Waals surface area contributed by atoms with Gasteiger partial charge in [-0.2, -0.15) is 44.9 Å². The van der Waals surface area contributed by atoms with E-state index in [2.05, 4.69) is 69.1 Å². The van der Waals surface area contributed by atoms with Crippen LogP contribution in [0.1, 0.15) is 122 Å². The summed E-state index contributed by atoms with van der Waals surface area (Å²) in [7, 11) is 0. The van der Waals surface area contributed by atoms with Crippen LogP contribution in [0, 0.1) is 0 Å². The van der Waals surface area contributed by atoms with Crippen molar-refractivity contribution in [3.05, 3.63) is 209 Å². The summed E-state index contributed by atoms with van der Waals surface area (Å²) in [4.78, 5) is 91.9. The number of aromatic nitrogens is 9. The first-order valence-corrected chi connectivity index (χ1v) is 35.2. The van der Waals surface area contributed by atoms with E-state index in [1.807, 2.05) is 253 Å². The molecule has 7 aromatic carbocycles. The van der Waals surface area contributed by atoms with Crippen molar-refractivity contribution in [2.24, 2.45) is 0 Å². The average molecular weight is 1480 g/mol. The van der Waals surface area contributed by atoms with E-state index in [9.17, 15) is 19.2 Å². The van der Waals surface area contributed by atoms with Gasteiger partial charge in [-0.1, -0.05) is 84.9 Å². The lowest BCUT2D eigenvalue weighted by Crippen LogP contribution is -2.32. The van der Waals surface area contributed by atoms with E-state index < -0.39 is 46.8 Å². The Morgan fingerprint density at radius 2 is 0.404 bits per heavy atom. The standard InChI is InChI=1S/C78H93N23O8/c1-75(2,3)106-71(102)83-44-51-19-33-58(34-20-51)89-67-95-63(96-68(100-67)90-59-35-21-52(22-36-59)45-84-72(103)107-76(4,5)6)81-42-49-15-29-56(30-16-49)87-65-93-62(80-41-48-13-27-55(79)28-14-48)94-66(99-65)88-57-31-17-50(18-32-57)43-82-64-97-69(91-60-37-23-53(24-38-60)46-85-73(104)108-77(7,8)9)101-70(98-64)92-61-39-25-54(26-40-61)47-86-74(105)109-78(10,11)12/h13-40H,41-47,79H2,1-12H3,(H,83,102)(H,84,103)(H,85,104)(H,86,105)(H3,80,87,88,93,94,99)(H3,81,89,90,95,96,100)(H3,82,91,92,97,98,101). The van der Waals surface area contributed by atoms with Crippen molar-refractivity contribution < 1.29 is 38.1 Å². The van der Waals surface area contributed by atoms with Gasteiger partial charge < -0.3 is 93.8 Å². The summed E-state index contributed by atoms with van der Waals surface area (Å²) in [6.45, 7) is 23.9. The third-order valence-electron chi connectivity index (χ3n) is 14.8. The molecule has 0 bridgehead atoms. The van der Waals surface area contributed by atoms with Crippen molar-refractivity contribution in [3.8, 4) is 0 Å². The van der Waals surface area contributed by atoms with Crippen molar-refractivity contribution in [2.45, 2.75) is 151 Å². The van der Waals surface area contributed by atoms with Crippen molar-refractivity contribution in [2.75, 3.05) is 53.6 Å². The van der Waals surface area contributed by atoms with Gasteiger partial charge in [0, 0.05) is 85.6 Å². The predicted octanol–water partition coefficient (Wildman–Crippen LogP) is 15.2. The maximum atomic E-state index is 12.3. The van der Waals surface area contributed by atoms with E-state index in [1.165, 1.54) is 0 Å². The molecule has 31 nitrogen and oxygen atoms in total. The SMILES string of the molecule is CC(C)(C)OC(=O)NCc1ccc(Nc2nc(NCc3ccc(Nc4nc(NCc5ccc(N)cc5)nc(Nc5ccc(CNc6nc(Nc7ccc(CNC(=O)OC(C)(C)C)cc7)nc(Nc7ccc(CNC(=O)OC(C)(C)C)cc7)n6)cc5)n4)cc3)nc(Nc3ccc(CNC(=O)OC(C)(C)C)cc3)n2)cc1. The van der Waals surface area contributed by atoms with Gasteiger partial charge in [-0.25, -0.2) is 19.2 Å². The number of hydrogen-bond donors (Lipinski definition) is 14. The highest BCUT2D eigenvalue weighted by Crippen LogP contribution is 2.27. The van der Waals surface area contributed by atoms with Gasteiger partial charge in [-0.3, -0.25) is 0 Å². The average Bonchev–Trinajstić information content (AvgIpc) is 0.839. The Balaban J connectivity index is 0.808. The van der Waals surface area contributed by atoms with Crippen LogP contribution in [-0.2, 0) is 64.8 Å². The molecular weight excluding hydrogens is 1390 g/mol. The van der Waals surface area contributed by atoms with E-state index in [0.29, 0.717) is 65.4 Å². The Morgan fingerprint density at radius 3 is 0.578 bits per heavy atom. The van der Waals surface area contributed by atoms with Gasteiger partial charge in [0.05, 0.1) is 0 Å². The van der Waals surface area contributed by atoms with Gasteiger partial charge in [0.2, 0.25) is 53.5 Å². The molecule has 31 heteroatoms. The molecule has 3 aromatic heterocycles. The maximum absolute atomic E-state index is 12.3. The molecule has 4 amide bonds. The number of benzene rings is 7. The van der Waals surface area contributed by atoms with E-state index >= 15 is 0 Å². The fourth-order valence-electron chi connectivity index (χ4n) is 9.84. The third-order valence-corrected chi connectivity index (χ3v) is 14.8. The number of amides is 4. The second-order valence-electron chi connectivity index (χ2n) is 29.1. The summed E-state index contributed by atoms with van der Waals surface area (Å²) in [6, 6.07) is 52.8. The topological polar surface area (TPSA) is 404 Å². The first kappa shape index (κ1) is 78.2. The molecule has 0 saturated carbocycles. The van der Waals surface area contributed by atoms with Crippen LogP contribution in [0.3, 0.4) is 0 Å². The minimum Gasteiger partial charge on any atom is -0.444 e. The Kier molecular flexibility index (Phi) is 25.6. The monoisotopic (exact) mass is 1480 g/mol. The number of nitrogens with two attached hydrogens (primary N) is 1. The van der Waals surface area contributed by atoms with E-state index in [1.54, 1.807) is 0 Å². The van der Waals surface area contributed by atoms with Crippen molar-refractivity contribution >= 4 is 118 Å². The van der Waals surface area contributed by atoms with Crippen LogP contribution in [0.25, 0.3) is 0 Å². The molecule has 0 aliphatic heterocycles. The second-order valence-corrected chi connectivity index (χ2v) is 29.1. The van der Waals surface area contributed by atoms with Gasteiger partial charge in [-0.15, -0.1) is 0 Å². The predicted molar refractivity (Wildman–Crippen MR) is 423 cm³/mol. The number of nitrogens with one attached hydrogen (secondary N) is 13. The lowest BCUT2D eigenvalue weighted by atomic mass is 10.2. The summed E-state index contributed by atoms with van der Waals surface area (Å²) < 4.78 is 21.6. The number of alkyl carbamates (subject to hydrolysis) is 4. The zero-order valence-electron chi connectivity index (χ0n) is 63.0. The lowest BCUT2D eigenvalue weighted by Gasteiger charge is -2.19. The summed E-state index contributed by atoms with van der Waals surface area (Å²) in [6.07, 6.45) is -2.04. The van der Waals surface area contributed by atoms with Crippen LogP contribution in [0.2, 0.25) is 0 Å². The number of nitrogen functional groups attached to an aromatic ring is 1. The molecule has 0 aliphatic rings. The van der Waals surface area contributed by atoms with Gasteiger partial charge >= 0.3 is 24.4 Å². The normalized spacial score (nSPS) is 11.4. The van der Waals surface area contributed by atoms with Crippen molar-refractivity contribution in [3.63, 3.8) is 0 Å². The number of rotatable bonds is 29. The molecule has 0 spiro atoms. The molecule has 0 fully saturated rings. The lowest BCUT2D eigenvalue weighted by molar-refractivity contribution is 0.0512. The molecule has 10 rings (SSSR count). The fraction of sp³-hybridized carbons (Fsp3) is 0.295. The molecule has 109 heavy (non-hydrogen) atoms. The van der Waals surface area contributed by atoms with Gasteiger partial charge in [0.1, 0.15) is 22.4 Å². The summed E-state index contributed by atoms with van der Waals surface area (Å²) in [5.74, 6) is 2.41. The van der Waals surface area contributed by atoms with Crippen molar-refractivity contribution in [1.29, 1.82) is 0 Å². The first-order valence-electron chi connectivity index (χ1n) is 35.2. The van der Waals surface area contributed by atoms with E-state index in [4.69, 9.17) is 69.5 Å². The number of nitrogens with zero attached hydrogens (tertiary/aromatic N) is 9. The Morgan fingerprint density at radius 1 is 0.248 bits per heavy atom. The van der Waals surface area contributed by atoms with Crippen LogP contribution >= 0.6 is 0 Å². The minimum absolute atomic E-state index is 0.254. The molecule has 0 radical (unpaired) electrons. The van der Waals surface area contributed by atoms with E-state index in [0.717, 1.165) is 38.9 Å². The number of carbonyl (C=O) groups is 4.